The summed E-state index contributed by atoms with van der Waals surface area (Å²) in [6, 6.07) is 2.11. The topological polar surface area (TPSA) is 51.4 Å². The largest absolute Gasteiger partial charge is 0.381 e. The minimum atomic E-state index is 0.548. The van der Waals surface area contributed by atoms with E-state index in [4.69, 9.17) is 10.5 Å². The van der Waals surface area contributed by atoms with Crippen molar-refractivity contribution in [1.29, 1.82) is 0 Å². The maximum absolute atomic E-state index is 5.89. The van der Waals surface area contributed by atoms with Gasteiger partial charge in [0.15, 0.2) is 0 Å². The molecule has 4 heteroatoms. The Morgan fingerprint density at radius 1 is 1.37 bits per heavy atom. The van der Waals surface area contributed by atoms with Crippen molar-refractivity contribution in [3.05, 3.63) is 22.9 Å². The SMILES string of the molecule is Cc1cc(C)c(CN)c(N(C)CC2CCOCC2)n1. The van der Waals surface area contributed by atoms with Gasteiger partial charge in [-0.15, -0.1) is 0 Å². The molecule has 0 aliphatic carbocycles. The summed E-state index contributed by atoms with van der Waals surface area (Å²) in [5.74, 6) is 1.75. The smallest absolute Gasteiger partial charge is 0.133 e. The van der Waals surface area contributed by atoms with Crippen LogP contribution >= 0.6 is 0 Å². The predicted octanol–water partition coefficient (Wildman–Crippen LogP) is 2.02. The highest BCUT2D eigenvalue weighted by Crippen LogP contribution is 2.24. The third-order valence-electron chi connectivity index (χ3n) is 3.89. The summed E-state index contributed by atoms with van der Waals surface area (Å²) in [5.41, 5.74) is 9.35. The molecule has 1 fully saturated rings. The van der Waals surface area contributed by atoms with E-state index >= 15 is 0 Å². The first kappa shape index (κ1) is 14.3. The zero-order valence-electron chi connectivity index (χ0n) is 12.3. The average Bonchev–Trinajstić information content (AvgIpc) is 2.39. The van der Waals surface area contributed by atoms with E-state index in [-0.39, 0.29) is 0 Å². The Labute approximate surface area is 116 Å². The van der Waals surface area contributed by atoms with Crippen LogP contribution in [0.2, 0.25) is 0 Å². The summed E-state index contributed by atoms with van der Waals surface area (Å²) in [7, 11) is 2.12. The fourth-order valence-corrected chi connectivity index (χ4v) is 2.81. The molecule has 4 nitrogen and oxygen atoms in total. The number of anilines is 1. The molecule has 1 aromatic heterocycles. The lowest BCUT2D eigenvalue weighted by Gasteiger charge is -2.29. The van der Waals surface area contributed by atoms with Crippen molar-refractivity contribution < 1.29 is 4.74 Å². The Bertz CT molecular complexity index is 428. The average molecular weight is 263 g/mol. The third-order valence-corrected chi connectivity index (χ3v) is 3.89. The van der Waals surface area contributed by atoms with Gasteiger partial charge >= 0.3 is 0 Å². The molecule has 0 unspecified atom stereocenters. The number of pyridine rings is 1. The highest BCUT2D eigenvalue weighted by molar-refractivity contribution is 5.51. The highest BCUT2D eigenvalue weighted by Gasteiger charge is 2.18. The lowest BCUT2D eigenvalue weighted by Crippen LogP contribution is -2.31. The first-order valence-corrected chi connectivity index (χ1v) is 7.08. The molecule has 2 rings (SSSR count). The van der Waals surface area contributed by atoms with Gasteiger partial charge in [0.25, 0.3) is 0 Å². The second-order valence-electron chi connectivity index (χ2n) is 5.52. The molecule has 19 heavy (non-hydrogen) atoms. The number of rotatable bonds is 4. The number of nitrogens with two attached hydrogens (primary N) is 1. The van der Waals surface area contributed by atoms with Crippen molar-refractivity contribution in [1.82, 2.24) is 4.98 Å². The first-order chi connectivity index (χ1) is 9.11. The van der Waals surface area contributed by atoms with Crippen LogP contribution in [-0.4, -0.2) is 31.8 Å². The number of aromatic nitrogens is 1. The second kappa shape index (κ2) is 6.35. The zero-order chi connectivity index (χ0) is 13.8. The van der Waals surface area contributed by atoms with Crippen LogP contribution in [-0.2, 0) is 11.3 Å². The number of ether oxygens (including phenoxy) is 1. The van der Waals surface area contributed by atoms with E-state index in [2.05, 4.69) is 29.9 Å². The Kier molecular flexibility index (Phi) is 4.77. The molecule has 1 saturated heterocycles. The number of nitrogens with zero attached hydrogens (tertiary/aromatic N) is 2. The zero-order valence-corrected chi connectivity index (χ0v) is 12.3. The standard InChI is InChI=1S/C15H25N3O/c1-11-8-12(2)17-15(14(11)9-16)18(3)10-13-4-6-19-7-5-13/h8,13H,4-7,9-10,16H2,1-3H3. The summed E-state index contributed by atoms with van der Waals surface area (Å²) >= 11 is 0. The molecule has 2 heterocycles. The van der Waals surface area contributed by atoms with Crippen molar-refractivity contribution in [3.8, 4) is 0 Å². The van der Waals surface area contributed by atoms with E-state index in [0.717, 1.165) is 44.1 Å². The van der Waals surface area contributed by atoms with Crippen LogP contribution in [0.15, 0.2) is 6.07 Å². The molecule has 2 N–H and O–H groups in total. The monoisotopic (exact) mass is 263 g/mol. The van der Waals surface area contributed by atoms with Gasteiger partial charge in [-0.05, 0) is 44.2 Å². The minimum Gasteiger partial charge on any atom is -0.381 e. The Morgan fingerprint density at radius 3 is 2.68 bits per heavy atom. The van der Waals surface area contributed by atoms with Gasteiger partial charge in [-0.25, -0.2) is 4.98 Å². The van der Waals surface area contributed by atoms with Gasteiger partial charge in [-0.1, -0.05) is 0 Å². The Morgan fingerprint density at radius 2 is 2.05 bits per heavy atom. The van der Waals surface area contributed by atoms with Gasteiger partial charge < -0.3 is 15.4 Å². The summed E-state index contributed by atoms with van der Waals surface area (Å²) in [6.45, 7) is 7.52. The summed E-state index contributed by atoms with van der Waals surface area (Å²) in [5, 5.41) is 0. The minimum absolute atomic E-state index is 0.548. The lowest BCUT2D eigenvalue weighted by molar-refractivity contribution is 0.0685. The van der Waals surface area contributed by atoms with Gasteiger partial charge in [0.05, 0.1) is 0 Å². The second-order valence-corrected chi connectivity index (χ2v) is 5.52. The predicted molar refractivity (Wildman–Crippen MR) is 78.4 cm³/mol. The maximum atomic E-state index is 5.89. The number of hydrogen-bond donors (Lipinski definition) is 1. The first-order valence-electron chi connectivity index (χ1n) is 7.08. The van der Waals surface area contributed by atoms with Crippen LogP contribution in [0, 0.1) is 19.8 Å². The van der Waals surface area contributed by atoms with Gasteiger partial charge in [-0.2, -0.15) is 0 Å². The van der Waals surface area contributed by atoms with Gasteiger partial charge in [0, 0.05) is 44.6 Å². The van der Waals surface area contributed by atoms with E-state index in [1.54, 1.807) is 0 Å². The molecule has 106 valence electrons. The molecular formula is C15H25N3O. The molecule has 0 spiro atoms. The van der Waals surface area contributed by atoms with E-state index in [0.29, 0.717) is 12.5 Å². The quantitative estimate of drug-likeness (QED) is 0.903. The van der Waals surface area contributed by atoms with E-state index in [1.165, 1.54) is 11.1 Å². The van der Waals surface area contributed by atoms with Crippen LogP contribution in [0.5, 0.6) is 0 Å². The fourth-order valence-electron chi connectivity index (χ4n) is 2.81. The molecule has 1 aromatic rings. The van der Waals surface area contributed by atoms with Crippen molar-refractivity contribution in [2.45, 2.75) is 33.2 Å². The summed E-state index contributed by atoms with van der Waals surface area (Å²) in [4.78, 5) is 6.95. The molecule has 1 aliphatic rings. The molecule has 1 aliphatic heterocycles. The molecular weight excluding hydrogens is 238 g/mol. The van der Waals surface area contributed by atoms with Crippen LogP contribution in [0.3, 0.4) is 0 Å². The molecule has 0 radical (unpaired) electrons. The molecule has 0 bridgehead atoms. The Hall–Kier alpha value is -1.13. The lowest BCUT2D eigenvalue weighted by atomic mass is 9.99. The highest BCUT2D eigenvalue weighted by atomic mass is 16.5. The van der Waals surface area contributed by atoms with Crippen molar-refractivity contribution in [2.24, 2.45) is 11.7 Å². The van der Waals surface area contributed by atoms with Gasteiger partial charge in [0.1, 0.15) is 5.82 Å². The van der Waals surface area contributed by atoms with Crippen LogP contribution < -0.4 is 10.6 Å². The van der Waals surface area contributed by atoms with Crippen molar-refractivity contribution in [3.63, 3.8) is 0 Å². The van der Waals surface area contributed by atoms with Crippen LogP contribution in [0.4, 0.5) is 5.82 Å². The normalized spacial score (nSPS) is 16.6. The Balaban J connectivity index is 2.15. The maximum Gasteiger partial charge on any atom is 0.133 e. The molecule has 0 saturated carbocycles. The van der Waals surface area contributed by atoms with Gasteiger partial charge in [0.2, 0.25) is 0 Å². The van der Waals surface area contributed by atoms with Crippen LogP contribution in [0.1, 0.15) is 29.7 Å². The van der Waals surface area contributed by atoms with Crippen molar-refractivity contribution in [2.75, 3.05) is 31.7 Å². The van der Waals surface area contributed by atoms with E-state index in [1.807, 2.05) is 6.92 Å². The third kappa shape index (κ3) is 3.45. The van der Waals surface area contributed by atoms with E-state index in [9.17, 15) is 0 Å². The van der Waals surface area contributed by atoms with Crippen molar-refractivity contribution >= 4 is 5.82 Å². The summed E-state index contributed by atoms with van der Waals surface area (Å²) < 4.78 is 5.42. The molecule has 0 amide bonds. The summed E-state index contributed by atoms with van der Waals surface area (Å²) in [6.07, 6.45) is 2.29. The van der Waals surface area contributed by atoms with Crippen LogP contribution in [0.25, 0.3) is 0 Å². The number of aryl methyl sites for hydroxylation is 2. The number of hydrogen-bond acceptors (Lipinski definition) is 4. The molecule has 0 atom stereocenters. The van der Waals surface area contributed by atoms with Gasteiger partial charge in [-0.3, -0.25) is 0 Å². The molecule has 0 aromatic carbocycles. The van der Waals surface area contributed by atoms with E-state index < -0.39 is 0 Å². The fraction of sp³-hybridized carbons (Fsp3) is 0.667.